The van der Waals surface area contributed by atoms with Gasteiger partial charge in [0.05, 0.1) is 39.0 Å². The molecule has 5 heteroatoms. The fourth-order valence-corrected chi connectivity index (χ4v) is 9.07. The van der Waals surface area contributed by atoms with Gasteiger partial charge in [-0.3, -0.25) is 4.40 Å². The van der Waals surface area contributed by atoms with E-state index in [9.17, 15) is 0 Å². The van der Waals surface area contributed by atoms with Gasteiger partial charge in [0, 0.05) is 38.6 Å². The van der Waals surface area contributed by atoms with Gasteiger partial charge in [-0.25, -0.2) is 4.98 Å². The summed E-state index contributed by atoms with van der Waals surface area (Å²) in [6, 6.07) is 53.2. The number of fused-ring (bicyclic) bond motifs is 12. The summed E-state index contributed by atoms with van der Waals surface area (Å²) in [5.74, 6) is 0. The first kappa shape index (κ1) is 29.2. The van der Waals surface area contributed by atoms with Gasteiger partial charge in [-0.2, -0.15) is 0 Å². The molecule has 52 heavy (non-hydrogen) atoms. The Morgan fingerprint density at radius 1 is 0.462 bits per heavy atom. The van der Waals surface area contributed by atoms with Crippen LogP contribution in [0.15, 0.2) is 146 Å². The molecule has 3 aromatic heterocycles. The van der Waals surface area contributed by atoms with Crippen molar-refractivity contribution >= 4 is 82.9 Å². The Morgan fingerprint density at radius 3 is 1.85 bits per heavy atom. The topological polar surface area (TPSA) is 28.7 Å². The molecule has 1 aliphatic heterocycles. The second-order valence-electron chi connectivity index (χ2n) is 14.3. The lowest BCUT2D eigenvalue weighted by Gasteiger charge is -2.25. The summed E-state index contributed by atoms with van der Waals surface area (Å²) in [5.41, 5.74) is 16.6. The van der Waals surface area contributed by atoms with Gasteiger partial charge >= 0.3 is 0 Å². The van der Waals surface area contributed by atoms with Crippen LogP contribution in [0.4, 0.5) is 22.7 Å². The Balaban J connectivity index is 1.14. The molecule has 0 atom stereocenters. The minimum atomic E-state index is 0.740. The molecule has 0 radical (unpaired) electrons. The molecule has 0 unspecified atom stereocenters. The molecule has 10 aromatic rings. The molecule has 1 aliphatic rings. The highest BCUT2D eigenvalue weighted by atomic mass is 15.4. The van der Waals surface area contributed by atoms with Crippen molar-refractivity contribution in [2.75, 3.05) is 16.5 Å². The number of hydrogen-bond acceptors (Lipinski definition) is 3. The highest BCUT2D eigenvalue weighted by molar-refractivity contribution is 6.15. The molecule has 0 N–H and O–H groups in total. The third-order valence-electron chi connectivity index (χ3n) is 11.1. The monoisotopic (exact) mass is 669 g/mol. The Kier molecular flexibility index (Phi) is 6.01. The zero-order valence-electron chi connectivity index (χ0n) is 29.3. The smallest absolute Gasteiger partial charge is 0.146 e. The van der Waals surface area contributed by atoms with E-state index in [0.717, 1.165) is 34.4 Å². The zero-order valence-corrected chi connectivity index (χ0v) is 29.3. The number of para-hydroxylation sites is 6. The summed E-state index contributed by atoms with van der Waals surface area (Å²) in [7, 11) is 0. The fraction of sp³-hybridized carbons (Fsp3) is 0.0851. The molecule has 0 spiro atoms. The van der Waals surface area contributed by atoms with E-state index >= 15 is 0 Å². The summed E-state index contributed by atoms with van der Waals surface area (Å²) in [4.78, 5) is 10.2. The van der Waals surface area contributed by atoms with E-state index in [2.05, 4.69) is 185 Å². The van der Waals surface area contributed by atoms with Gasteiger partial charge in [-0.05, 0) is 97.9 Å². The average molecular weight is 670 g/mol. The number of imidazole rings is 1. The molecular weight excluding hydrogens is 635 g/mol. The number of hydrogen-bond donors (Lipinski definition) is 0. The predicted octanol–water partition coefficient (Wildman–Crippen LogP) is 12.1. The van der Waals surface area contributed by atoms with Crippen molar-refractivity contribution < 1.29 is 0 Å². The van der Waals surface area contributed by atoms with E-state index in [4.69, 9.17) is 4.98 Å². The molecular formula is C47H35N5. The molecule has 0 saturated heterocycles. The average Bonchev–Trinajstić information content (AvgIpc) is 3.85. The van der Waals surface area contributed by atoms with Crippen LogP contribution in [0.2, 0.25) is 0 Å². The van der Waals surface area contributed by atoms with E-state index in [1.54, 1.807) is 0 Å². The summed E-state index contributed by atoms with van der Waals surface area (Å²) in [6.45, 7) is 7.39. The molecule has 0 fully saturated rings. The van der Waals surface area contributed by atoms with Crippen LogP contribution in [0.25, 0.3) is 65.8 Å². The number of nitrogens with zero attached hydrogens (tertiary/aromatic N) is 5. The van der Waals surface area contributed by atoms with E-state index in [1.165, 1.54) is 77.5 Å². The second kappa shape index (κ2) is 10.7. The van der Waals surface area contributed by atoms with Crippen LogP contribution in [0.5, 0.6) is 0 Å². The maximum Gasteiger partial charge on any atom is 0.146 e. The van der Waals surface area contributed by atoms with Gasteiger partial charge in [0.15, 0.2) is 0 Å². The van der Waals surface area contributed by atoms with Gasteiger partial charge in [0.2, 0.25) is 0 Å². The SMILES string of the molecule is Cc1cc(C)c(N2CN(c3ccc4c5ccccc5n(-c5ccc6c7ccccc7n7c8ccccc8nc7c6c5)c4c3)c3ccccc32)c(C)c1. The quantitative estimate of drug-likeness (QED) is 0.175. The van der Waals surface area contributed by atoms with Crippen LogP contribution in [-0.4, -0.2) is 20.6 Å². The highest BCUT2D eigenvalue weighted by Crippen LogP contribution is 2.47. The molecule has 0 amide bonds. The predicted molar refractivity (Wildman–Crippen MR) is 218 cm³/mol. The van der Waals surface area contributed by atoms with Crippen molar-refractivity contribution in [2.45, 2.75) is 20.8 Å². The maximum absolute atomic E-state index is 5.22. The van der Waals surface area contributed by atoms with Crippen molar-refractivity contribution in [3.63, 3.8) is 0 Å². The third-order valence-corrected chi connectivity index (χ3v) is 11.1. The maximum atomic E-state index is 5.22. The lowest BCUT2D eigenvalue weighted by atomic mass is 10.0. The standard InChI is InChI=1S/C47H35N5/c1-29-24-30(2)46(31(3)25-29)50-28-49(43-18-10-11-19-44(43)50)32-20-23-37-36-13-5-7-15-40(36)51(45(37)27-32)33-21-22-34-35-12-4-8-16-41(35)52-42-17-9-6-14-39(42)48-47(52)38(34)26-33/h4-27H,28H2,1-3H3. The molecule has 4 heterocycles. The van der Waals surface area contributed by atoms with Crippen molar-refractivity contribution in [3.05, 3.63) is 162 Å². The molecule has 0 bridgehead atoms. The highest BCUT2D eigenvalue weighted by Gasteiger charge is 2.30. The summed E-state index contributed by atoms with van der Waals surface area (Å²) < 4.78 is 4.77. The molecule has 5 nitrogen and oxygen atoms in total. The normalized spacial score (nSPS) is 13.1. The number of aromatic nitrogens is 3. The van der Waals surface area contributed by atoms with Gasteiger partial charge in [0.25, 0.3) is 0 Å². The number of anilines is 4. The minimum absolute atomic E-state index is 0.740. The summed E-state index contributed by atoms with van der Waals surface area (Å²) in [6.07, 6.45) is 0. The lowest BCUT2D eigenvalue weighted by Crippen LogP contribution is -2.25. The third kappa shape index (κ3) is 4.02. The van der Waals surface area contributed by atoms with E-state index < -0.39 is 0 Å². The molecule has 0 aliphatic carbocycles. The van der Waals surface area contributed by atoms with Crippen LogP contribution < -0.4 is 9.80 Å². The van der Waals surface area contributed by atoms with E-state index in [0.29, 0.717) is 0 Å². The van der Waals surface area contributed by atoms with Crippen molar-refractivity contribution in [1.29, 1.82) is 0 Å². The van der Waals surface area contributed by atoms with Gasteiger partial charge in [-0.15, -0.1) is 0 Å². The van der Waals surface area contributed by atoms with Crippen molar-refractivity contribution in [1.82, 2.24) is 14.0 Å². The van der Waals surface area contributed by atoms with Crippen molar-refractivity contribution in [3.8, 4) is 5.69 Å². The minimum Gasteiger partial charge on any atom is -0.321 e. The van der Waals surface area contributed by atoms with Gasteiger partial charge in [-0.1, -0.05) is 90.5 Å². The van der Waals surface area contributed by atoms with Gasteiger partial charge in [0.1, 0.15) is 12.3 Å². The first-order chi connectivity index (χ1) is 25.5. The summed E-state index contributed by atoms with van der Waals surface area (Å²) >= 11 is 0. The van der Waals surface area contributed by atoms with E-state index in [-0.39, 0.29) is 0 Å². The second-order valence-corrected chi connectivity index (χ2v) is 14.3. The lowest BCUT2D eigenvalue weighted by molar-refractivity contribution is 0.979. The number of rotatable bonds is 3. The van der Waals surface area contributed by atoms with Gasteiger partial charge < -0.3 is 14.4 Å². The largest absolute Gasteiger partial charge is 0.321 e. The van der Waals surface area contributed by atoms with Crippen LogP contribution >= 0.6 is 0 Å². The molecule has 0 saturated carbocycles. The Hall–Kier alpha value is -6.59. The Labute approximate surface area is 301 Å². The fourth-order valence-electron chi connectivity index (χ4n) is 9.07. The van der Waals surface area contributed by atoms with E-state index in [1.807, 2.05) is 0 Å². The van der Waals surface area contributed by atoms with Crippen molar-refractivity contribution in [2.24, 2.45) is 0 Å². The van der Waals surface area contributed by atoms with Crippen LogP contribution in [0.3, 0.4) is 0 Å². The number of benzene rings is 7. The number of pyridine rings is 1. The Morgan fingerprint density at radius 2 is 1.06 bits per heavy atom. The first-order valence-corrected chi connectivity index (χ1v) is 18.0. The molecule has 248 valence electrons. The van der Waals surface area contributed by atoms with Crippen LogP contribution in [0.1, 0.15) is 16.7 Å². The number of aryl methyl sites for hydroxylation is 3. The van der Waals surface area contributed by atoms with Crippen LogP contribution in [0, 0.1) is 20.8 Å². The molecule has 11 rings (SSSR count). The van der Waals surface area contributed by atoms with Crippen LogP contribution in [-0.2, 0) is 0 Å². The Bertz CT molecular complexity index is 3090. The molecule has 7 aromatic carbocycles. The zero-order chi connectivity index (χ0) is 34.7. The first-order valence-electron chi connectivity index (χ1n) is 18.0. The summed E-state index contributed by atoms with van der Waals surface area (Å²) in [5, 5.41) is 6.06.